The summed E-state index contributed by atoms with van der Waals surface area (Å²) in [6, 6.07) is 5.91. The van der Waals surface area contributed by atoms with Gasteiger partial charge in [-0.15, -0.1) is 0 Å². The van der Waals surface area contributed by atoms with E-state index in [0.717, 1.165) is 19.3 Å². The van der Waals surface area contributed by atoms with Gasteiger partial charge in [0.1, 0.15) is 5.75 Å². The SMILES string of the molecule is COc1ccc(C(F)(F)C2(N)CCCCC2)cc1. The Bertz CT molecular complexity index is 397. The van der Waals surface area contributed by atoms with Crippen LogP contribution >= 0.6 is 0 Å². The van der Waals surface area contributed by atoms with Gasteiger partial charge >= 0.3 is 0 Å². The molecule has 1 aliphatic carbocycles. The first-order valence-electron chi connectivity index (χ1n) is 6.31. The van der Waals surface area contributed by atoms with E-state index in [1.54, 1.807) is 12.1 Å². The van der Waals surface area contributed by atoms with Gasteiger partial charge in [0, 0.05) is 5.56 Å². The highest BCUT2D eigenvalue weighted by molar-refractivity contribution is 5.32. The molecule has 1 saturated carbocycles. The quantitative estimate of drug-likeness (QED) is 0.897. The maximum absolute atomic E-state index is 14.5. The van der Waals surface area contributed by atoms with Gasteiger partial charge in [-0.25, -0.2) is 0 Å². The molecule has 0 heterocycles. The molecule has 0 aliphatic heterocycles. The van der Waals surface area contributed by atoms with Crippen LogP contribution in [-0.2, 0) is 5.92 Å². The number of ether oxygens (including phenoxy) is 1. The van der Waals surface area contributed by atoms with Crippen molar-refractivity contribution in [3.05, 3.63) is 29.8 Å². The monoisotopic (exact) mass is 255 g/mol. The second-order valence-corrected chi connectivity index (χ2v) is 5.02. The number of hydrogen-bond acceptors (Lipinski definition) is 2. The molecule has 0 spiro atoms. The van der Waals surface area contributed by atoms with E-state index in [9.17, 15) is 8.78 Å². The molecule has 18 heavy (non-hydrogen) atoms. The molecule has 1 aromatic rings. The van der Waals surface area contributed by atoms with Crippen molar-refractivity contribution in [2.75, 3.05) is 7.11 Å². The zero-order valence-corrected chi connectivity index (χ0v) is 10.6. The Morgan fingerprint density at radius 3 is 2.17 bits per heavy atom. The molecule has 0 unspecified atom stereocenters. The molecule has 0 atom stereocenters. The molecular weight excluding hydrogens is 236 g/mol. The van der Waals surface area contributed by atoms with E-state index in [4.69, 9.17) is 10.5 Å². The van der Waals surface area contributed by atoms with Gasteiger partial charge < -0.3 is 10.5 Å². The van der Waals surface area contributed by atoms with Crippen molar-refractivity contribution in [2.45, 2.75) is 43.6 Å². The Hall–Kier alpha value is -1.16. The Kier molecular flexibility index (Phi) is 3.57. The number of rotatable bonds is 3. The van der Waals surface area contributed by atoms with E-state index >= 15 is 0 Å². The summed E-state index contributed by atoms with van der Waals surface area (Å²) < 4.78 is 34.0. The van der Waals surface area contributed by atoms with Gasteiger partial charge in [0.2, 0.25) is 0 Å². The zero-order valence-electron chi connectivity index (χ0n) is 10.6. The van der Waals surface area contributed by atoms with Crippen LogP contribution in [0.3, 0.4) is 0 Å². The molecule has 0 amide bonds. The minimum Gasteiger partial charge on any atom is -0.497 e. The minimum atomic E-state index is -2.99. The average Bonchev–Trinajstić information content (AvgIpc) is 2.39. The highest BCUT2D eigenvalue weighted by atomic mass is 19.3. The van der Waals surface area contributed by atoms with Crippen molar-refractivity contribution in [1.29, 1.82) is 0 Å². The summed E-state index contributed by atoms with van der Waals surface area (Å²) in [5.74, 6) is -2.41. The summed E-state index contributed by atoms with van der Waals surface area (Å²) in [6.45, 7) is 0. The van der Waals surface area contributed by atoms with Crippen molar-refractivity contribution in [1.82, 2.24) is 0 Å². The number of halogens is 2. The maximum atomic E-state index is 14.5. The van der Waals surface area contributed by atoms with Crippen LogP contribution in [-0.4, -0.2) is 12.6 Å². The minimum absolute atomic E-state index is 0.0206. The number of nitrogens with two attached hydrogens (primary N) is 1. The predicted octanol–water partition coefficient (Wildman–Crippen LogP) is 3.45. The van der Waals surface area contributed by atoms with E-state index in [0.29, 0.717) is 18.6 Å². The van der Waals surface area contributed by atoms with Crippen LogP contribution < -0.4 is 10.5 Å². The Labute approximate surface area is 106 Å². The van der Waals surface area contributed by atoms with Gasteiger partial charge in [0.15, 0.2) is 0 Å². The van der Waals surface area contributed by atoms with E-state index in [1.807, 2.05) is 0 Å². The van der Waals surface area contributed by atoms with Crippen LogP contribution in [0, 0.1) is 0 Å². The summed E-state index contributed by atoms with van der Waals surface area (Å²) in [4.78, 5) is 0. The van der Waals surface area contributed by atoms with Gasteiger partial charge in [-0.3, -0.25) is 0 Å². The van der Waals surface area contributed by atoms with Crippen LogP contribution in [0.25, 0.3) is 0 Å². The second kappa shape index (κ2) is 4.84. The van der Waals surface area contributed by atoms with Gasteiger partial charge in [-0.1, -0.05) is 19.3 Å². The molecule has 1 fully saturated rings. The zero-order chi connectivity index (χ0) is 13.2. The Morgan fingerprint density at radius 1 is 1.11 bits per heavy atom. The fraction of sp³-hybridized carbons (Fsp3) is 0.571. The summed E-state index contributed by atoms with van der Waals surface area (Å²) in [5, 5.41) is 0. The summed E-state index contributed by atoms with van der Waals surface area (Å²) in [7, 11) is 1.51. The number of methoxy groups -OCH3 is 1. The van der Waals surface area contributed by atoms with Gasteiger partial charge in [0.25, 0.3) is 5.92 Å². The number of alkyl halides is 2. The molecule has 1 aromatic carbocycles. The lowest BCUT2D eigenvalue weighted by molar-refractivity contribution is -0.0954. The topological polar surface area (TPSA) is 35.2 Å². The first-order chi connectivity index (χ1) is 8.49. The molecule has 100 valence electrons. The van der Waals surface area contributed by atoms with Crippen LogP contribution in [0.4, 0.5) is 8.78 Å². The molecule has 1 aliphatic rings. The Morgan fingerprint density at radius 2 is 1.67 bits per heavy atom. The van der Waals surface area contributed by atoms with E-state index in [1.165, 1.54) is 19.2 Å². The second-order valence-electron chi connectivity index (χ2n) is 5.02. The smallest absolute Gasteiger partial charge is 0.290 e. The Balaban J connectivity index is 2.27. The van der Waals surface area contributed by atoms with Crippen LogP contribution in [0.15, 0.2) is 24.3 Å². The fourth-order valence-electron chi connectivity index (χ4n) is 2.58. The molecule has 0 saturated heterocycles. The molecule has 4 heteroatoms. The lowest BCUT2D eigenvalue weighted by atomic mass is 9.75. The predicted molar refractivity (Wildman–Crippen MR) is 66.9 cm³/mol. The number of hydrogen-bond donors (Lipinski definition) is 1. The maximum Gasteiger partial charge on any atom is 0.290 e. The lowest BCUT2D eigenvalue weighted by Gasteiger charge is -2.40. The van der Waals surface area contributed by atoms with Crippen LogP contribution in [0.1, 0.15) is 37.7 Å². The third kappa shape index (κ3) is 2.21. The summed E-state index contributed by atoms with van der Waals surface area (Å²) >= 11 is 0. The molecule has 2 rings (SSSR count). The molecule has 0 aromatic heterocycles. The highest BCUT2D eigenvalue weighted by Crippen LogP contribution is 2.45. The van der Waals surface area contributed by atoms with Crippen LogP contribution in [0.5, 0.6) is 5.75 Å². The largest absolute Gasteiger partial charge is 0.497 e. The first-order valence-corrected chi connectivity index (χ1v) is 6.31. The van der Waals surface area contributed by atoms with E-state index < -0.39 is 11.5 Å². The summed E-state index contributed by atoms with van der Waals surface area (Å²) in [6.07, 6.45) is 3.32. The first kappa shape index (κ1) is 13.3. The molecular formula is C14H19F2NO. The molecule has 2 nitrogen and oxygen atoms in total. The normalized spacial score (nSPS) is 19.6. The highest BCUT2D eigenvalue weighted by Gasteiger charge is 2.52. The van der Waals surface area contributed by atoms with E-state index in [-0.39, 0.29) is 5.56 Å². The van der Waals surface area contributed by atoms with Crippen LogP contribution in [0.2, 0.25) is 0 Å². The van der Waals surface area contributed by atoms with Gasteiger partial charge in [0.05, 0.1) is 12.6 Å². The number of benzene rings is 1. The third-order valence-corrected chi connectivity index (χ3v) is 3.82. The fourth-order valence-corrected chi connectivity index (χ4v) is 2.58. The summed E-state index contributed by atoms with van der Waals surface area (Å²) in [5.41, 5.74) is 4.53. The standard InChI is InChI=1S/C14H19F2NO/c1-18-12-7-5-11(6-8-12)14(15,16)13(17)9-3-2-4-10-13/h5-8H,2-4,9-10,17H2,1H3. The van der Waals surface area contributed by atoms with Gasteiger partial charge in [-0.2, -0.15) is 8.78 Å². The van der Waals surface area contributed by atoms with Crippen molar-refractivity contribution in [2.24, 2.45) is 5.73 Å². The third-order valence-electron chi connectivity index (χ3n) is 3.82. The van der Waals surface area contributed by atoms with Crippen molar-refractivity contribution in [3.63, 3.8) is 0 Å². The van der Waals surface area contributed by atoms with Crippen molar-refractivity contribution < 1.29 is 13.5 Å². The molecule has 0 radical (unpaired) electrons. The molecule has 0 bridgehead atoms. The van der Waals surface area contributed by atoms with Crippen molar-refractivity contribution in [3.8, 4) is 5.75 Å². The van der Waals surface area contributed by atoms with Crippen molar-refractivity contribution >= 4 is 0 Å². The van der Waals surface area contributed by atoms with Gasteiger partial charge in [-0.05, 0) is 37.1 Å². The average molecular weight is 255 g/mol. The molecule has 2 N–H and O–H groups in total. The lowest BCUT2D eigenvalue weighted by Crippen LogP contribution is -2.54. The van der Waals surface area contributed by atoms with E-state index in [2.05, 4.69) is 0 Å².